The van der Waals surface area contributed by atoms with Crippen molar-refractivity contribution in [1.29, 1.82) is 0 Å². The van der Waals surface area contributed by atoms with Gasteiger partial charge in [-0.1, -0.05) is 35.3 Å². The van der Waals surface area contributed by atoms with Gasteiger partial charge in [0.1, 0.15) is 0 Å². The lowest BCUT2D eigenvalue weighted by Gasteiger charge is -2.33. The van der Waals surface area contributed by atoms with E-state index in [2.05, 4.69) is 47.2 Å². The molecule has 5 heteroatoms. The van der Waals surface area contributed by atoms with Crippen LogP contribution >= 0.6 is 35.6 Å². The van der Waals surface area contributed by atoms with Gasteiger partial charge in [0.15, 0.2) is 0 Å². The number of likely N-dealkylation sites (N-methyl/N-ethyl adjacent to an activating group) is 1. The predicted molar refractivity (Wildman–Crippen MR) is 110 cm³/mol. The van der Waals surface area contributed by atoms with Crippen LogP contribution in [0.2, 0.25) is 10.0 Å². The Hall–Kier alpha value is -0.930. The highest BCUT2D eigenvalue weighted by Crippen LogP contribution is 2.38. The molecular weight excluding hydrogens is 375 g/mol. The van der Waals surface area contributed by atoms with E-state index in [-0.39, 0.29) is 12.4 Å². The number of nitrogens with zero attached hydrogens (tertiary/aromatic N) is 2. The van der Waals surface area contributed by atoms with Gasteiger partial charge in [-0.05, 0) is 60.8 Å². The second-order valence-corrected chi connectivity index (χ2v) is 7.83. The fourth-order valence-corrected chi connectivity index (χ4v) is 4.59. The van der Waals surface area contributed by atoms with Crippen LogP contribution in [-0.2, 0) is 6.54 Å². The predicted octanol–water partition coefficient (Wildman–Crippen LogP) is 5.59. The largest absolute Gasteiger partial charge is 0.372 e. The van der Waals surface area contributed by atoms with Crippen LogP contribution in [0.5, 0.6) is 0 Å². The minimum Gasteiger partial charge on any atom is -0.372 e. The molecule has 2 aliphatic rings. The van der Waals surface area contributed by atoms with Crippen molar-refractivity contribution in [3.63, 3.8) is 0 Å². The van der Waals surface area contributed by atoms with Gasteiger partial charge in [0, 0.05) is 47.8 Å². The molecule has 0 aromatic heterocycles. The van der Waals surface area contributed by atoms with Gasteiger partial charge in [-0.3, -0.25) is 0 Å². The molecule has 2 aliphatic heterocycles. The summed E-state index contributed by atoms with van der Waals surface area (Å²) in [7, 11) is 2.15. The number of benzene rings is 2. The van der Waals surface area contributed by atoms with Gasteiger partial charge in [0.05, 0.1) is 0 Å². The Labute approximate surface area is 166 Å². The first-order valence-corrected chi connectivity index (χ1v) is 9.38. The molecular formula is C20H23Cl3N2. The van der Waals surface area contributed by atoms with E-state index in [0.29, 0.717) is 5.92 Å². The monoisotopic (exact) mass is 396 g/mol. The molecule has 134 valence electrons. The summed E-state index contributed by atoms with van der Waals surface area (Å²) in [4.78, 5) is 4.81. The number of halogens is 3. The molecule has 1 fully saturated rings. The van der Waals surface area contributed by atoms with Crippen molar-refractivity contribution in [2.24, 2.45) is 0 Å². The number of hydrogen-bond donors (Lipinski definition) is 0. The molecule has 0 spiro atoms. The molecule has 0 aliphatic carbocycles. The van der Waals surface area contributed by atoms with Gasteiger partial charge >= 0.3 is 0 Å². The van der Waals surface area contributed by atoms with Crippen LogP contribution in [0, 0.1) is 0 Å². The molecule has 2 heterocycles. The average Bonchev–Trinajstić information content (AvgIpc) is 3.10. The second-order valence-electron chi connectivity index (χ2n) is 6.99. The lowest BCUT2D eigenvalue weighted by atomic mass is 9.84. The summed E-state index contributed by atoms with van der Waals surface area (Å²) in [5, 5.41) is 1.50. The minimum atomic E-state index is 0. The van der Waals surface area contributed by atoms with E-state index < -0.39 is 0 Å². The van der Waals surface area contributed by atoms with Crippen LogP contribution in [0.4, 0.5) is 5.69 Å². The SMILES string of the molecule is CN1Cc2c(Cl)cc(Cl)cc2C(c2ccc(N3CCCC3)cc2)C1.Cl. The molecule has 2 nitrogen and oxygen atoms in total. The Kier molecular flexibility index (Phi) is 5.85. The molecule has 1 saturated heterocycles. The van der Waals surface area contributed by atoms with Crippen molar-refractivity contribution in [3.05, 3.63) is 63.1 Å². The number of rotatable bonds is 2. The van der Waals surface area contributed by atoms with Crippen LogP contribution in [0.15, 0.2) is 36.4 Å². The number of anilines is 1. The number of fused-ring (bicyclic) bond motifs is 1. The summed E-state index contributed by atoms with van der Waals surface area (Å²) < 4.78 is 0. The van der Waals surface area contributed by atoms with E-state index >= 15 is 0 Å². The van der Waals surface area contributed by atoms with Crippen LogP contribution in [-0.4, -0.2) is 31.6 Å². The van der Waals surface area contributed by atoms with Gasteiger partial charge in [0.25, 0.3) is 0 Å². The third-order valence-electron chi connectivity index (χ3n) is 5.26. The van der Waals surface area contributed by atoms with E-state index in [0.717, 1.165) is 23.1 Å². The van der Waals surface area contributed by atoms with Gasteiger partial charge in [0.2, 0.25) is 0 Å². The van der Waals surface area contributed by atoms with E-state index in [9.17, 15) is 0 Å². The Bertz CT molecular complexity index is 739. The van der Waals surface area contributed by atoms with E-state index in [1.54, 1.807) is 0 Å². The van der Waals surface area contributed by atoms with Crippen LogP contribution in [0.3, 0.4) is 0 Å². The van der Waals surface area contributed by atoms with Gasteiger partial charge < -0.3 is 9.80 Å². The Morgan fingerprint density at radius 2 is 1.68 bits per heavy atom. The van der Waals surface area contributed by atoms with Crippen molar-refractivity contribution in [2.75, 3.05) is 31.6 Å². The zero-order valence-electron chi connectivity index (χ0n) is 14.3. The summed E-state index contributed by atoms with van der Waals surface area (Å²) in [6.45, 7) is 4.24. The zero-order valence-corrected chi connectivity index (χ0v) is 16.7. The Balaban J connectivity index is 0.00000182. The van der Waals surface area contributed by atoms with Crippen molar-refractivity contribution >= 4 is 41.3 Å². The summed E-state index contributed by atoms with van der Waals surface area (Å²) >= 11 is 12.7. The lowest BCUT2D eigenvalue weighted by Crippen LogP contribution is -2.31. The Morgan fingerprint density at radius 1 is 1.00 bits per heavy atom. The molecule has 0 N–H and O–H groups in total. The maximum Gasteiger partial charge on any atom is 0.0468 e. The van der Waals surface area contributed by atoms with Crippen LogP contribution < -0.4 is 4.90 Å². The Morgan fingerprint density at radius 3 is 2.36 bits per heavy atom. The van der Waals surface area contributed by atoms with Crippen molar-refractivity contribution in [2.45, 2.75) is 25.3 Å². The molecule has 0 radical (unpaired) electrons. The fraction of sp³-hybridized carbons (Fsp3) is 0.400. The topological polar surface area (TPSA) is 6.48 Å². The van der Waals surface area contributed by atoms with Crippen molar-refractivity contribution in [1.82, 2.24) is 4.90 Å². The highest BCUT2D eigenvalue weighted by molar-refractivity contribution is 6.35. The first-order chi connectivity index (χ1) is 11.6. The van der Waals surface area contributed by atoms with Crippen LogP contribution in [0.1, 0.15) is 35.4 Å². The van der Waals surface area contributed by atoms with E-state index in [1.807, 2.05) is 6.07 Å². The fourth-order valence-electron chi connectivity index (χ4n) is 4.02. The quantitative estimate of drug-likeness (QED) is 0.651. The number of hydrogen-bond acceptors (Lipinski definition) is 2. The molecule has 0 saturated carbocycles. The molecule has 2 aromatic rings. The van der Waals surface area contributed by atoms with E-state index in [4.69, 9.17) is 23.2 Å². The molecule has 0 bridgehead atoms. The summed E-state index contributed by atoms with van der Waals surface area (Å²) in [6.07, 6.45) is 2.61. The molecule has 1 atom stereocenters. The third-order valence-corrected chi connectivity index (χ3v) is 5.81. The normalized spacial score (nSPS) is 20.3. The smallest absolute Gasteiger partial charge is 0.0468 e. The average molecular weight is 398 g/mol. The van der Waals surface area contributed by atoms with E-state index in [1.165, 1.54) is 48.3 Å². The van der Waals surface area contributed by atoms with Crippen LogP contribution in [0.25, 0.3) is 0 Å². The first kappa shape index (κ1) is 18.8. The zero-order chi connectivity index (χ0) is 16.7. The second kappa shape index (κ2) is 7.75. The van der Waals surface area contributed by atoms with Gasteiger partial charge in [-0.25, -0.2) is 0 Å². The van der Waals surface area contributed by atoms with Crippen molar-refractivity contribution in [3.8, 4) is 0 Å². The molecule has 1 unspecified atom stereocenters. The first-order valence-electron chi connectivity index (χ1n) is 8.63. The molecule has 2 aromatic carbocycles. The molecule has 25 heavy (non-hydrogen) atoms. The molecule has 0 amide bonds. The third kappa shape index (κ3) is 3.78. The maximum absolute atomic E-state index is 6.46. The highest BCUT2D eigenvalue weighted by atomic mass is 35.5. The van der Waals surface area contributed by atoms with Gasteiger partial charge in [-0.15, -0.1) is 12.4 Å². The highest BCUT2D eigenvalue weighted by Gasteiger charge is 2.27. The van der Waals surface area contributed by atoms with Crippen molar-refractivity contribution < 1.29 is 0 Å². The molecule has 4 rings (SSSR count). The maximum atomic E-state index is 6.46. The lowest BCUT2D eigenvalue weighted by molar-refractivity contribution is 0.295. The summed E-state index contributed by atoms with van der Waals surface area (Å²) in [5.74, 6) is 0.322. The van der Waals surface area contributed by atoms with Gasteiger partial charge in [-0.2, -0.15) is 0 Å². The standard InChI is InChI=1S/C20H22Cl2N2.ClH/c1-23-12-18(17-10-15(21)11-20(22)19(17)13-23)14-4-6-16(7-5-14)24-8-2-3-9-24;/h4-7,10-11,18H,2-3,8-9,12-13H2,1H3;1H. The minimum absolute atomic E-state index is 0. The summed E-state index contributed by atoms with van der Waals surface area (Å²) in [5.41, 5.74) is 5.16. The summed E-state index contributed by atoms with van der Waals surface area (Å²) in [6, 6.07) is 13.0.